The van der Waals surface area contributed by atoms with E-state index >= 15 is 0 Å². The molecule has 110 valence electrons. The van der Waals surface area contributed by atoms with E-state index in [2.05, 4.69) is 15.6 Å². The number of anilines is 2. The van der Waals surface area contributed by atoms with E-state index in [-0.39, 0.29) is 0 Å². The van der Waals surface area contributed by atoms with Gasteiger partial charge in [-0.05, 0) is 26.0 Å². The van der Waals surface area contributed by atoms with E-state index in [1.54, 1.807) is 24.3 Å². The number of carbonyl (C=O) groups excluding carboxylic acids is 2. The Kier molecular flexibility index (Phi) is 4.54. The van der Waals surface area contributed by atoms with Gasteiger partial charge >= 0.3 is 12.0 Å². The minimum absolute atomic E-state index is 0.376. The summed E-state index contributed by atoms with van der Waals surface area (Å²) in [5, 5.41) is 5.86. The van der Waals surface area contributed by atoms with Gasteiger partial charge in [-0.25, -0.2) is 9.78 Å². The van der Waals surface area contributed by atoms with E-state index in [4.69, 9.17) is 4.74 Å². The van der Waals surface area contributed by atoms with Crippen LogP contribution in [0.1, 0.15) is 17.5 Å². The van der Waals surface area contributed by atoms with Crippen LogP contribution in [0.5, 0.6) is 5.75 Å². The predicted octanol–water partition coefficient (Wildman–Crippen LogP) is 3.33. The molecule has 0 atom stereocenters. The maximum absolute atomic E-state index is 11.9. The molecule has 2 amide bonds. The van der Waals surface area contributed by atoms with Gasteiger partial charge < -0.3 is 10.1 Å². The molecule has 0 aliphatic rings. The second-order valence-corrected chi connectivity index (χ2v) is 5.56. The Bertz CT molecular complexity index is 662. The van der Waals surface area contributed by atoms with Crippen LogP contribution in [0.4, 0.5) is 15.6 Å². The predicted molar refractivity (Wildman–Crippen MR) is 82.0 cm³/mol. The first kappa shape index (κ1) is 15.0. The Morgan fingerprint density at radius 2 is 2.00 bits per heavy atom. The molecular weight excluding hydrogens is 290 g/mol. The number of benzene rings is 1. The van der Waals surface area contributed by atoms with E-state index in [1.165, 1.54) is 18.3 Å². The van der Waals surface area contributed by atoms with Crippen LogP contribution < -0.4 is 15.4 Å². The van der Waals surface area contributed by atoms with E-state index in [1.807, 2.05) is 13.8 Å². The lowest BCUT2D eigenvalue weighted by Gasteiger charge is -2.07. The highest BCUT2D eigenvalue weighted by Crippen LogP contribution is 2.22. The van der Waals surface area contributed by atoms with Crippen molar-refractivity contribution < 1.29 is 14.3 Å². The van der Waals surface area contributed by atoms with Crippen molar-refractivity contribution >= 4 is 34.2 Å². The third-order valence-corrected chi connectivity index (χ3v) is 3.59. The highest BCUT2D eigenvalue weighted by molar-refractivity contribution is 7.15. The third kappa shape index (κ3) is 4.28. The number of amides is 2. The number of hydrogen-bond acceptors (Lipinski definition) is 5. The number of nitrogens with zero attached hydrogens (tertiary/aromatic N) is 1. The lowest BCUT2D eigenvalue weighted by molar-refractivity contribution is -0.131. The summed E-state index contributed by atoms with van der Waals surface area (Å²) < 4.78 is 4.95. The molecule has 0 spiro atoms. The SMILES string of the molecule is CC(=O)Oc1cccc(NC(=O)Nc2nc(C)c(C)s2)c1. The molecule has 0 saturated carbocycles. The Morgan fingerprint density at radius 1 is 1.24 bits per heavy atom. The van der Waals surface area contributed by atoms with Gasteiger partial charge in [0.15, 0.2) is 5.13 Å². The average Bonchev–Trinajstić information content (AvgIpc) is 2.67. The van der Waals surface area contributed by atoms with Gasteiger partial charge in [-0.1, -0.05) is 6.07 Å². The molecule has 7 heteroatoms. The van der Waals surface area contributed by atoms with Crippen LogP contribution in [0, 0.1) is 13.8 Å². The number of ether oxygens (including phenoxy) is 1. The van der Waals surface area contributed by atoms with Crippen molar-refractivity contribution in [2.75, 3.05) is 10.6 Å². The molecule has 0 saturated heterocycles. The Hall–Kier alpha value is -2.41. The molecule has 21 heavy (non-hydrogen) atoms. The van der Waals surface area contributed by atoms with Crippen LogP contribution in [0.25, 0.3) is 0 Å². The highest BCUT2D eigenvalue weighted by atomic mass is 32.1. The highest BCUT2D eigenvalue weighted by Gasteiger charge is 2.08. The molecule has 0 unspecified atom stereocenters. The van der Waals surface area contributed by atoms with E-state index in [0.717, 1.165) is 10.6 Å². The van der Waals surface area contributed by atoms with Crippen LogP contribution in [0.3, 0.4) is 0 Å². The van der Waals surface area contributed by atoms with Crippen molar-refractivity contribution in [3.05, 3.63) is 34.8 Å². The van der Waals surface area contributed by atoms with Gasteiger partial charge in [-0.2, -0.15) is 0 Å². The summed E-state index contributed by atoms with van der Waals surface area (Å²) in [5.41, 5.74) is 1.42. The van der Waals surface area contributed by atoms with Crippen molar-refractivity contribution in [3.63, 3.8) is 0 Å². The number of esters is 1. The minimum atomic E-state index is -0.412. The van der Waals surface area contributed by atoms with Crippen LogP contribution >= 0.6 is 11.3 Å². The van der Waals surface area contributed by atoms with Crippen LogP contribution in [-0.4, -0.2) is 17.0 Å². The summed E-state index contributed by atoms with van der Waals surface area (Å²) in [5.74, 6) is -0.0356. The first-order valence-electron chi connectivity index (χ1n) is 6.24. The fourth-order valence-electron chi connectivity index (χ4n) is 1.59. The number of aryl methyl sites for hydroxylation is 2. The molecular formula is C14H15N3O3S. The van der Waals surface area contributed by atoms with Gasteiger partial charge in [0.2, 0.25) is 0 Å². The van der Waals surface area contributed by atoms with Gasteiger partial charge in [-0.3, -0.25) is 10.1 Å². The standard InChI is InChI=1S/C14H15N3O3S/c1-8-9(2)21-14(15-8)17-13(19)16-11-5-4-6-12(7-11)20-10(3)18/h4-7H,1-3H3,(H2,15,16,17,19). The molecule has 6 nitrogen and oxygen atoms in total. The molecule has 1 heterocycles. The average molecular weight is 305 g/mol. The summed E-state index contributed by atoms with van der Waals surface area (Å²) in [7, 11) is 0. The zero-order chi connectivity index (χ0) is 15.4. The third-order valence-electron chi connectivity index (χ3n) is 2.60. The molecule has 0 aliphatic carbocycles. The van der Waals surface area contributed by atoms with Gasteiger partial charge in [-0.15, -0.1) is 11.3 Å². The zero-order valence-electron chi connectivity index (χ0n) is 11.9. The Morgan fingerprint density at radius 3 is 2.62 bits per heavy atom. The number of thiazole rings is 1. The largest absolute Gasteiger partial charge is 0.427 e. The van der Waals surface area contributed by atoms with Gasteiger partial charge in [0.1, 0.15) is 5.75 Å². The summed E-state index contributed by atoms with van der Waals surface area (Å²) in [4.78, 5) is 28.0. The van der Waals surface area contributed by atoms with Crippen molar-refractivity contribution in [2.24, 2.45) is 0 Å². The zero-order valence-corrected chi connectivity index (χ0v) is 12.7. The molecule has 0 fully saturated rings. The maximum Gasteiger partial charge on any atom is 0.325 e. The van der Waals surface area contributed by atoms with Crippen LogP contribution in [-0.2, 0) is 4.79 Å². The maximum atomic E-state index is 11.9. The molecule has 0 radical (unpaired) electrons. The van der Waals surface area contributed by atoms with Gasteiger partial charge in [0, 0.05) is 23.6 Å². The summed E-state index contributed by atoms with van der Waals surface area (Å²) in [6.07, 6.45) is 0. The van der Waals surface area contributed by atoms with Crippen molar-refractivity contribution in [1.82, 2.24) is 4.98 Å². The fraction of sp³-hybridized carbons (Fsp3) is 0.214. The van der Waals surface area contributed by atoms with Crippen LogP contribution in [0.15, 0.2) is 24.3 Å². The molecule has 0 bridgehead atoms. The lowest BCUT2D eigenvalue weighted by atomic mass is 10.3. The lowest BCUT2D eigenvalue weighted by Crippen LogP contribution is -2.19. The Labute approximate surface area is 126 Å². The monoisotopic (exact) mass is 305 g/mol. The van der Waals surface area contributed by atoms with E-state index in [9.17, 15) is 9.59 Å². The topological polar surface area (TPSA) is 80.3 Å². The second-order valence-electron chi connectivity index (χ2n) is 4.36. The number of nitrogens with one attached hydrogen (secondary N) is 2. The van der Waals surface area contributed by atoms with E-state index < -0.39 is 12.0 Å². The summed E-state index contributed by atoms with van der Waals surface area (Å²) in [6, 6.07) is 6.19. The normalized spacial score (nSPS) is 10.0. The molecule has 1 aromatic carbocycles. The van der Waals surface area contributed by atoms with Gasteiger partial charge in [0.05, 0.1) is 5.69 Å². The first-order valence-corrected chi connectivity index (χ1v) is 7.06. The molecule has 0 aliphatic heterocycles. The second kappa shape index (κ2) is 6.36. The molecule has 2 aromatic rings. The van der Waals surface area contributed by atoms with Gasteiger partial charge in [0.25, 0.3) is 0 Å². The number of aromatic nitrogens is 1. The smallest absolute Gasteiger partial charge is 0.325 e. The van der Waals surface area contributed by atoms with E-state index in [0.29, 0.717) is 16.6 Å². The summed E-state index contributed by atoms with van der Waals surface area (Å²) >= 11 is 1.41. The molecule has 1 aromatic heterocycles. The minimum Gasteiger partial charge on any atom is -0.427 e. The van der Waals surface area contributed by atoms with Crippen LogP contribution in [0.2, 0.25) is 0 Å². The number of rotatable bonds is 3. The number of carbonyl (C=O) groups is 2. The first-order chi connectivity index (χ1) is 9.94. The Balaban J connectivity index is 2.00. The van der Waals surface area contributed by atoms with Crippen molar-refractivity contribution in [3.8, 4) is 5.75 Å². The number of hydrogen-bond donors (Lipinski definition) is 2. The molecule has 2 rings (SSSR count). The van der Waals surface area contributed by atoms with Crippen molar-refractivity contribution in [1.29, 1.82) is 0 Å². The quantitative estimate of drug-likeness (QED) is 0.673. The fourth-order valence-corrected chi connectivity index (χ4v) is 2.40. The number of urea groups is 1. The summed E-state index contributed by atoms with van der Waals surface area (Å²) in [6.45, 7) is 5.15. The molecule has 2 N–H and O–H groups in total. The van der Waals surface area contributed by atoms with Crippen molar-refractivity contribution in [2.45, 2.75) is 20.8 Å².